The van der Waals surface area contributed by atoms with Crippen LogP contribution in [0.25, 0.3) is 10.8 Å². The van der Waals surface area contributed by atoms with Crippen molar-refractivity contribution in [3.8, 4) is 5.88 Å². The van der Waals surface area contributed by atoms with Gasteiger partial charge in [-0.1, -0.05) is 35.8 Å². The number of ether oxygens (including phenoxy) is 2. The van der Waals surface area contributed by atoms with Crippen molar-refractivity contribution in [2.45, 2.75) is 13.8 Å². The minimum absolute atomic E-state index is 0.0251. The average Bonchev–Trinajstić information content (AvgIpc) is 2.36. The minimum Gasteiger partial charge on any atom is -0.477 e. The van der Waals surface area contributed by atoms with Crippen LogP contribution in [0.4, 0.5) is 0 Å². The summed E-state index contributed by atoms with van der Waals surface area (Å²) in [5.74, 6) is 0.648. The maximum atomic E-state index is 5.76. The van der Waals surface area contributed by atoms with Gasteiger partial charge >= 0.3 is 0 Å². The number of fused-ring (bicyclic) bond motifs is 1. The third-order valence-electron chi connectivity index (χ3n) is 2.80. The second-order valence-electron chi connectivity index (χ2n) is 5.40. The van der Waals surface area contributed by atoms with Crippen LogP contribution in [0.15, 0.2) is 34.9 Å². The van der Waals surface area contributed by atoms with Gasteiger partial charge in [0.25, 0.3) is 0 Å². The molecule has 4 heteroatoms. The lowest BCUT2D eigenvalue weighted by Crippen LogP contribution is -2.26. The maximum Gasteiger partial charge on any atom is 0.213 e. The number of hydrogen-bond acceptors (Lipinski definition) is 3. The van der Waals surface area contributed by atoms with Gasteiger partial charge in [0.05, 0.1) is 13.2 Å². The van der Waals surface area contributed by atoms with Gasteiger partial charge in [-0.3, -0.25) is 0 Å². The molecule has 0 N–H and O–H groups in total. The van der Waals surface area contributed by atoms with E-state index in [1.54, 1.807) is 7.11 Å². The highest BCUT2D eigenvalue weighted by atomic mass is 79.9. The summed E-state index contributed by atoms with van der Waals surface area (Å²) in [5, 5.41) is 2.22. The van der Waals surface area contributed by atoms with E-state index in [4.69, 9.17) is 9.47 Å². The van der Waals surface area contributed by atoms with E-state index in [2.05, 4.69) is 40.8 Å². The molecule has 0 unspecified atom stereocenters. The van der Waals surface area contributed by atoms with Crippen molar-refractivity contribution in [2.75, 3.05) is 20.3 Å². The molecule has 102 valence electrons. The van der Waals surface area contributed by atoms with E-state index in [0.717, 1.165) is 15.2 Å². The smallest absolute Gasteiger partial charge is 0.213 e. The van der Waals surface area contributed by atoms with Crippen molar-refractivity contribution < 1.29 is 9.47 Å². The van der Waals surface area contributed by atoms with Gasteiger partial charge in [0.1, 0.15) is 0 Å². The summed E-state index contributed by atoms with van der Waals surface area (Å²) in [6.45, 7) is 5.45. The van der Waals surface area contributed by atoms with E-state index < -0.39 is 0 Å². The largest absolute Gasteiger partial charge is 0.477 e. The predicted octanol–water partition coefficient (Wildman–Crippen LogP) is 4.05. The molecule has 1 aromatic heterocycles. The van der Waals surface area contributed by atoms with Crippen molar-refractivity contribution in [2.24, 2.45) is 5.41 Å². The molecule has 3 nitrogen and oxygen atoms in total. The maximum absolute atomic E-state index is 5.76. The highest BCUT2D eigenvalue weighted by Crippen LogP contribution is 2.23. The standard InChI is InChI=1S/C15H18BrNO2/c1-15(2,9-18-3)10-19-14-7-12-6-13(16)5-4-11(12)8-17-14/h4-8H,9-10H2,1-3H3. The van der Waals surface area contributed by atoms with Gasteiger partial charge < -0.3 is 9.47 Å². The fraction of sp³-hybridized carbons (Fsp3) is 0.400. The molecule has 0 bridgehead atoms. The fourth-order valence-electron chi connectivity index (χ4n) is 1.87. The van der Waals surface area contributed by atoms with E-state index in [1.165, 1.54) is 0 Å². The number of rotatable bonds is 5. The number of halogens is 1. The molecule has 0 saturated carbocycles. The summed E-state index contributed by atoms with van der Waals surface area (Å²) in [6.07, 6.45) is 1.83. The zero-order valence-electron chi connectivity index (χ0n) is 11.4. The lowest BCUT2D eigenvalue weighted by molar-refractivity contribution is 0.0629. The number of benzene rings is 1. The minimum atomic E-state index is -0.0251. The number of pyridine rings is 1. The Morgan fingerprint density at radius 2 is 1.95 bits per heavy atom. The highest BCUT2D eigenvalue weighted by Gasteiger charge is 2.19. The molecule has 1 aromatic carbocycles. The topological polar surface area (TPSA) is 31.4 Å². The first-order valence-electron chi connectivity index (χ1n) is 6.17. The predicted molar refractivity (Wildman–Crippen MR) is 80.6 cm³/mol. The number of methoxy groups -OCH3 is 1. The van der Waals surface area contributed by atoms with Crippen molar-refractivity contribution in [3.63, 3.8) is 0 Å². The molecule has 1 heterocycles. The Labute approximate surface area is 122 Å². The summed E-state index contributed by atoms with van der Waals surface area (Å²) in [7, 11) is 1.70. The quantitative estimate of drug-likeness (QED) is 0.831. The third kappa shape index (κ3) is 3.91. The first-order chi connectivity index (χ1) is 9.00. The van der Waals surface area contributed by atoms with E-state index in [-0.39, 0.29) is 5.41 Å². The van der Waals surface area contributed by atoms with Crippen LogP contribution in [0.5, 0.6) is 5.88 Å². The highest BCUT2D eigenvalue weighted by molar-refractivity contribution is 9.10. The first kappa shape index (κ1) is 14.3. The molecule has 0 saturated heterocycles. The Morgan fingerprint density at radius 1 is 1.16 bits per heavy atom. The lowest BCUT2D eigenvalue weighted by atomic mass is 9.96. The van der Waals surface area contributed by atoms with Crippen LogP contribution in [0.2, 0.25) is 0 Å². The zero-order chi connectivity index (χ0) is 13.9. The normalized spacial score (nSPS) is 11.8. The van der Waals surface area contributed by atoms with Crippen LogP contribution in [0, 0.1) is 5.41 Å². The molecule has 0 amide bonds. The monoisotopic (exact) mass is 323 g/mol. The molecule has 0 spiro atoms. The Balaban J connectivity index is 2.13. The molecular weight excluding hydrogens is 306 g/mol. The van der Waals surface area contributed by atoms with Crippen molar-refractivity contribution >= 4 is 26.7 Å². The van der Waals surface area contributed by atoms with Gasteiger partial charge in [0.15, 0.2) is 0 Å². The third-order valence-corrected chi connectivity index (χ3v) is 3.30. The summed E-state index contributed by atoms with van der Waals surface area (Å²) < 4.78 is 12.0. The number of aromatic nitrogens is 1. The summed E-state index contributed by atoms with van der Waals surface area (Å²) in [6, 6.07) is 8.06. The second kappa shape index (κ2) is 5.88. The van der Waals surface area contributed by atoms with E-state index in [0.29, 0.717) is 19.1 Å². The lowest BCUT2D eigenvalue weighted by Gasteiger charge is -2.23. The average molecular weight is 324 g/mol. The van der Waals surface area contributed by atoms with Crippen LogP contribution in [0.1, 0.15) is 13.8 Å². The zero-order valence-corrected chi connectivity index (χ0v) is 13.0. The molecule has 19 heavy (non-hydrogen) atoms. The molecule has 0 aliphatic heterocycles. The van der Waals surface area contributed by atoms with Crippen LogP contribution in [-0.4, -0.2) is 25.3 Å². The van der Waals surface area contributed by atoms with Gasteiger partial charge in [-0.25, -0.2) is 4.98 Å². The number of hydrogen-bond donors (Lipinski definition) is 0. The molecule has 0 aliphatic rings. The van der Waals surface area contributed by atoms with Crippen LogP contribution in [-0.2, 0) is 4.74 Å². The Morgan fingerprint density at radius 3 is 2.68 bits per heavy atom. The van der Waals surface area contributed by atoms with Crippen LogP contribution < -0.4 is 4.74 Å². The first-order valence-corrected chi connectivity index (χ1v) is 6.96. The fourth-order valence-corrected chi connectivity index (χ4v) is 2.25. The second-order valence-corrected chi connectivity index (χ2v) is 6.32. The van der Waals surface area contributed by atoms with Gasteiger partial charge in [-0.2, -0.15) is 0 Å². The molecule has 0 aliphatic carbocycles. The van der Waals surface area contributed by atoms with Crippen LogP contribution >= 0.6 is 15.9 Å². The van der Waals surface area contributed by atoms with E-state index in [9.17, 15) is 0 Å². The number of nitrogens with zero attached hydrogens (tertiary/aromatic N) is 1. The summed E-state index contributed by atoms with van der Waals surface area (Å²) in [4.78, 5) is 4.32. The van der Waals surface area contributed by atoms with Gasteiger partial charge in [0.2, 0.25) is 5.88 Å². The Kier molecular flexibility index (Phi) is 4.42. The van der Waals surface area contributed by atoms with E-state index >= 15 is 0 Å². The van der Waals surface area contributed by atoms with Gasteiger partial charge in [-0.15, -0.1) is 0 Å². The Bertz CT molecular complexity index is 569. The van der Waals surface area contributed by atoms with E-state index in [1.807, 2.05) is 24.4 Å². The van der Waals surface area contributed by atoms with Crippen molar-refractivity contribution in [1.29, 1.82) is 0 Å². The molecular formula is C15H18BrNO2. The molecule has 0 atom stereocenters. The van der Waals surface area contributed by atoms with Crippen molar-refractivity contribution in [1.82, 2.24) is 4.98 Å². The van der Waals surface area contributed by atoms with Crippen LogP contribution in [0.3, 0.4) is 0 Å². The van der Waals surface area contributed by atoms with Crippen molar-refractivity contribution in [3.05, 3.63) is 34.9 Å². The molecule has 0 fully saturated rings. The summed E-state index contributed by atoms with van der Waals surface area (Å²) in [5.41, 5.74) is -0.0251. The Hall–Kier alpha value is -1.13. The molecule has 2 rings (SSSR count). The molecule has 0 radical (unpaired) electrons. The van der Waals surface area contributed by atoms with Gasteiger partial charge in [0, 0.05) is 34.6 Å². The van der Waals surface area contributed by atoms with Gasteiger partial charge in [-0.05, 0) is 17.5 Å². The molecule has 2 aromatic rings. The summed E-state index contributed by atoms with van der Waals surface area (Å²) >= 11 is 3.47. The SMILES string of the molecule is COCC(C)(C)COc1cc2cc(Br)ccc2cn1.